The molecule has 2 unspecified atom stereocenters. The second kappa shape index (κ2) is 6.08. The summed E-state index contributed by atoms with van der Waals surface area (Å²) in [5.74, 6) is 1.54. The van der Waals surface area contributed by atoms with Gasteiger partial charge in [0.15, 0.2) is 0 Å². The van der Waals surface area contributed by atoms with Gasteiger partial charge in [0.1, 0.15) is 0 Å². The number of rotatable bonds is 4. The highest BCUT2D eigenvalue weighted by atomic mass is 35.5. The lowest BCUT2D eigenvalue weighted by molar-refractivity contribution is 0.374. The van der Waals surface area contributed by atoms with Crippen molar-refractivity contribution in [2.75, 3.05) is 13.6 Å². The molecule has 2 atom stereocenters. The van der Waals surface area contributed by atoms with Crippen molar-refractivity contribution in [2.24, 2.45) is 11.8 Å². The molecule has 3 heteroatoms. The zero-order valence-corrected chi connectivity index (χ0v) is 11.7. The van der Waals surface area contributed by atoms with E-state index in [1.54, 1.807) is 0 Å². The first kappa shape index (κ1) is 13.2. The molecule has 1 fully saturated rings. The lowest BCUT2D eigenvalue weighted by Gasteiger charge is -2.20. The minimum Gasteiger partial charge on any atom is -0.319 e. The Labute approximate surface area is 114 Å². The normalized spacial score (nSPS) is 24.2. The van der Waals surface area contributed by atoms with E-state index in [1.165, 1.54) is 24.8 Å². The molecule has 1 saturated carbocycles. The summed E-state index contributed by atoms with van der Waals surface area (Å²) in [7, 11) is 2.03. The molecule has 1 nitrogen and oxygen atoms in total. The topological polar surface area (TPSA) is 12.0 Å². The number of nitrogens with one attached hydrogen (secondary N) is 1. The Kier molecular flexibility index (Phi) is 4.72. The fourth-order valence-electron chi connectivity index (χ4n) is 2.90. The monoisotopic (exact) mass is 271 g/mol. The fourth-order valence-corrected chi connectivity index (χ4v) is 3.30. The molecule has 0 heterocycles. The quantitative estimate of drug-likeness (QED) is 0.867. The Morgan fingerprint density at radius 2 is 2.00 bits per heavy atom. The Morgan fingerprint density at radius 3 is 2.76 bits per heavy atom. The molecule has 17 heavy (non-hydrogen) atoms. The van der Waals surface area contributed by atoms with Crippen molar-refractivity contribution < 1.29 is 0 Å². The van der Waals surface area contributed by atoms with Crippen LogP contribution in [0.25, 0.3) is 0 Å². The first-order chi connectivity index (χ1) is 8.22. The second-order valence-corrected chi connectivity index (χ2v) is 5.71. The number of hydrogen-bond acceptors (Lipinski definition) is 1. The molecule has 0 radical (unpaired) electrons. The number of halogens is 2. The van der Waals surface area contributed by atoms with E-state index in [-0.39, 0.29) is 0 Å². The molecule has 94 valence electrons. The van der Waals surface area contributed by atoms with Gasteiger partial charge in [0, 0.05) is 0 Å². The predicted molar refractivity (Wildman–Crippen MR) is 74.9 cm³/mol. The molecule has 0 saturated heterocycles. The summed E-state index contributed by atoms with van der Waals surface area (Å²) in [5, 5.41) is 4.71. The van der Waals surface area contributed by atoms with Crippen molar-refractivity contribution in [1.82, 2.24) is 5.32 Å². The Hall–Kier alpha value is -0.240. The first-order valence-electron chi connectivity index (χ1n) is 6.30. The molecular formula is C14H19Cl2N. The molecule has 1 N–H and O–H groups in total. The van der Waals surface area contributed by atoms with E-state index in [0.717, 1.165) is 29.8 Å². The van der Waals surface area contributed by atoms with Crippen LogP contribution < -0.4 is 5.32 Å². The fraction of sp³-hybridized carbons (Fsp3) is 0.571. The third-order valence-electron chi connectivity index (χ3n) is 3.80. The van der Waals surface area contributed by atoms with E-state index in [1.807, 2.05) is 19.2 Å². The van der Waals surface area contributed by atoms with Crippen LogP contribution in [0.5, 0.6) is 0 Å². The average molecular weight is 272 g/mol. The minimum atomic E-state index is 0.673. The van der Waals surface area contributed by atoms with Gasteiger partial charge < -0.3 is 5.32 Å². The second-order valence-electron chi connectivity index (χ2n) is 4.93. The van der Waals surface area contributed by atoms with Crippen molar-refractivity contribution >= 4 is 23.2 Å². The van der Waals surface area contributed by atoms with E-state index in [4.69, 9.17) is 23.2 Å². The Bertz CT molecular complexity index is 378. The lowest BCUT2D eigenvalue weighted by atomic mass is 9.89. The van der Waals surface area contributed by atoms with Gasteiger partial charge in [-0.1, -0.05) is 41.8 Å². The molecular weight excluding hydrogens is 253 g/mol. The third-order valence-corrected chi connectivity index (χ3v) is 4.65. The van der Waals surface area contributed by atoms with Gasteiger partial charge in [-0.25, -0.2) is 0 Å². The van der Waals surface area contributed by atoms with Crippen LogP contribution in [-0.2, 0) is 6.42 Å². The maximum absolute atomic E-state index is 6.25. The molecule has 1 aliphatic rings. The highest BCUT2D eigenvalue weighted by molar-refractivity contribution is 6.42. The van der Waals surface area contributed by atoms with Gasteiger partial charge >= 0.3 is 0 Å². The largest absolute Gasteiger partial charge is 0.319 e. The van der Waals surface area contributed by atoms with E-state index in [2.05, 4.69) is 11.4 Å². The summed E-state index contributed by atoms with van der Waals surface area (Å²) in [6.07, 6.45) is 5.06. The highest BCUT2D eigenvalue weighted by Gasteiger charge is 2.27. The molecule has 1 aromatic rings. The molecule has 0 spiro atoms. The number of hydrogen-bond donors (Lipinski definition) is 1. The van der Waals surface area contributed by atoms with Gasteiger partial charge in [-0.05, 0) is 56.3 Å². The van der Waals surface area contributed by atoms with Crippen LogP contribution in [0, 0.1) is 11.8 Å². The van der Waals surface area contributed by atoms with Crippen LogP contribution in [-0.4, -0.2) is 13.6 Å². The van der Waals surface area contributed by atoms with Crippen LogP contribution >= 0.6 is 23.2 Å². The third kappa shape index (κ3) is 3.15. The van der Waals surface area contributed by atoms with Gasteiger partial charge in [-0.2, -0.15) is 0 Å². The minimum absolute atomic E-state index is 0.673. The summed E-state index contributed by atoms with van der Waals surface area (Å²) >= 11 is 12.3. The van der Waals surface area contributed by atoms with Gasteiger partial charge in [0.05, 0.1) is 10.0 Å². The molecule has 0 bridgehead atoms. The summed E-state index contributed by atoms with van der Waals surface area (Å²) in [4.78, 5) is 0. The molecule has 1 aromatic carbocycles. The van der Waals surface area contributed by atoms with E-state index >= 15 is 0 Å². The van der Waals surface area contributed by atoms with Crippen molar-refractivity contribution in [3.8, 4) is 0 Å². The van der Waals surface area contributed by atoms with Crippen LogP contribution in [0.15, 0.2) is 18.2 Å². The molecule has 0 aromatic heterocycles. The maximum atomic E-state index is 6.25. The van der Waals surface area contributed by atoms with Crippen molar-refractivity contribution in [1.29, 1.82) is 0 Å². The average Bonchev–Trinajstić information content (AvgIpc) is 2.73. The smallest absolute Gasteiger partial charge is 0.0624 e. The molecule has 0 amide bonds. The lowest BCUT2D eigenvalue weighted by Crippen LogP contribution is -2.23. The molecule has 1 aliphatic carbocycles. The molecule has 2 rings (SSSR count). The molecule has 0 aliphatic heterocycles. The van der Waals surface area contributed by atoms with E-state index in [9.17, 15) is 0 Å². The van der Waals surface area contributed by atoms with Crippen molar-refractivity contribution in [3.05, 3.63) is 33.8 Å². The van der Waals surface area contributed by atoms with Gasteiger partial charge in [0.2, 0.25) is 0 Å². The highest BCUT2D eigenvalue weighted by Crippen LogP contribution is 2.36. The van der Waals surface area contributed by atoms with E-state index in [0.29, 0.717) is 5.02 Å². The van der Waals surface area contributed by atoms with Gasteiger partial charge in [-0.15, -0.1) is 0 Å². The summed E-state index contributed by atoms with van der Waals surface area (Å²) in [6, 6.07) is 5.95. The zero-order valence-electron chi connectivity index (χ0n) is 10.2. The summed E-state index contributed by atoms with van der Waals surface area (Å²) in [6.45, 7) is 1.11. The van der Waals surface area contributed by atoms with Crippen LogP contribution in [0.3, 0.4) is 0 Å². The Balaban J connectivity index is 2.07. The van der Waals surface area contributed by atoms with E-state index < -0.39 is 0 Å². The predicted octanol–water partition coefficient (Wildman–Crippen LogP) is 4.17. The van der Waals surface area contributed by atoms with Crippen LogP contribution in [0.1, 0.15) is 24.8 Å². The SMILES string of the molecule is CNCC1CCCC1Cc1cccc(Cl)c1Cl. The first-order valence-corrected chi connectivity index (χ1v) is 7.05. The van der Waals surface area contributed by atoms with Crippen molar-refractivity contribution in [3.63, 3.8) is 0 Å². The van der Waals surface area contributed by atoms with Crippen molar-refractivity contribution in [2.45, 2.75) is 25.7 Å². The van der Waals surface area contributed by atoms with Crippen LogP contribution in [0.2, 0.25) is 10.0 Å². The summed E-state index contributed by atoms with van der Waals surface area (Å²) < 4.78 is 0. The van der Waals surface area contributed by atoms with Gasteiger partial charge in [-0.3, -0.25) is 0 Å². The van der Waals surface area contributed by atoms with Gasteiger partial charge in [0.25, 0.3) is 0 Å². The summed E-state index contributed by atoms with van der Waals surface area (Å²) in [5.41, 5.74) is 1.20. The number of benzene rings is 1. The zero-order chi connectivity index (χ0) is 12.3. The Morgan fingerprint density at radius 1 is 1.24 bits per heavy atom. The van der Waals surface area contributed by atoms with Crippen LogP contribution in [0.4, 0.5) is 0 Å². The standard InChI is InChI=1S/C14H19Cl2N/c1-17-9-12-6-2-4-10(12)8-11-5-3-7-13(15)14(11)16/h3,5,7,10,12,17H,2,4,6,8-9H2,1H3. The maximum Gasteiger partial charge on any atom is 0.0624 e.